The van der Waals surface area contributed by atoms with Crippen molar-refractivity contribution in [2.75, 3.05) is 30.1 Å². The van der Waals surface area contributed by atoms with Crippen molar-refractivity contribution in [3.63, 3.8) is 0 Å². The summed E-state index contributed by atoms with van der Waals surface area (Å²) in [4.78, 5) is 34.7. The summed E-state index contributed by atoms with van der Waals surface area (Å²) in [6, 6.07) is 12.7. The van der Waals surface area contributed by atoms with Crippen LogP contribution in [0.1, 0.15) is 10.7 Å². The Bertz CT molecular complexity index is 1200. The smallest absolute Gasteiger partial charge is 0.316 e. The minimum Gasteiger partial charge on any atom is -0.481 e. The molecule has 0 unspecified atom stereocenters. The third kappa shape index (κ3) is 4.37. The highest BCUT2D eigenvalue weighted by molar-refractivity contribution is 6.00. The fourth-order valence-corrected chi connectivity index (χ4v) is 2.56. The fourth-order valence-electron chi connectivity index (χ4n) is 2.56. The number of rotatable bonds is 6. The van der Waals surface area contributed by atoms with Crippen molar-refractivity contribution >= 4 is 29.2 Å². The number of para-hydroxylation sites is 1. The molecule has 156 valence electrons. The number of methoxy groups -OCH3 is 1. The van der Waals surface area contributed by atoms with Gasteiger partial charge in [0.2, 0.25) is 29.4 Å². The number of hydrogen-bond acceptors (Lipinski definition) is 11. The van der Waals surface area contributed by atoms with E-state index in [0.29, 0.717) is 11.6 Å². The van der Waals surface area contributed by atoms with E-state index in [9.17, 15) is 4.79 Å². The van der Waals surface area contributed by atoms with E-state index in [1.807, 2.05) is 30.3 Å². The van der Waals surface area contributed by atoms with Crippen LogP contribution in [0.4, 0.5) is 23.3 Å². The monoisotopic (exact) mass is 419 g/mol. The van der Waals surface area contributed by atoms with Gasteiger partial charge in [-0.1, -0.05) is 23.4 Å². The maximum Gasteiger partial charge on any atom is 0.316 e. The molecule has 12 nitrogen and oxygen atoms in total. The maximum absolute atomic E-state index is 12.4. The molecule has 31 heavy (non-hydrogen) atoms. The van der Waals surface area contributed by atoms with Crippen LogP contribution < -0.4 is 20.7 Å². The number of hydrogen-bond donors (Lipinski definition) is 2. The van der Waals surface area contributed by atoms with Crippen molar-refractivity contribution in [2.45, 2.75) is 0 Å². The van der Waals surface area contributed by atoms with E-state index in [2.05, 4.69) is 35.4 Å². The van der Waals surface area contributed by atoms with E-state index < -0.39 is 5.91 Å². The highest BCUT2D eigenvalue weighted by atomic mass is 16.5. The third-order valence-corrected chi connectivity index (χ3v) is 4.11. The minimum atomic E-state index is -0.616. The normalized spacial score (nSPS) is 10.5. The Hall–Kier alpha value is -4.61. The fraction of sp³-hybridized carbons (Fsp3) is 0.105. The van der Waals surface area contributed by atoms with Gasteiger partial charge in [0.1, 0.15) is 0 Å². The van der Waals surface area contributed by atoms with Crippen LogP contribution in [0.15, 0.2) is 53.2 Å². The van der Waals surface area contributed by atoms with Gasteiger partial charge >= 0.3 is 11.8 Å². The summed E-state index contributed by atoms with van der Waals surface area (Å²) in [5.41, 5.74) is 7.11. The quantitative estimate of drug-likeness (QED) is 0.470. The van der Waals surface area contributed by atoms with Gasteiger partial charge in [0.25, 0.3) is 0 Å². The zero-order valence-corrected chi connectivity index (χ0v) is 16.6. The molecule has 0 saturated carbocycles. The number of carbonyl (C=O) groups excluding carboxylic acids is 1. The average Bonchev–Trinajstić information content (AvgIpc) is 3.30. The van der Waals surface area contributed by atoms with Crippen LogP contribution in [-0.2, 0) is 0 Å². The topological polar surface area (TPSA) is 158 Å². The SMILES string of the molecule is COc1ccc(NC(=O)c2nc(-c3nc(N)nc(N(C)c4ccccc4)n3)no2)cn1. The number of nitrogens with two attached hydrogens (primary N) is 1. The number of benzene rings is 1. The number of ether oxygens (including phenoxy) is 1. The molecular formula is C19H17N9O3. The molecule has 0 spiro atoms. The molecule has 1 aromatic carbocycles. The standard InChI is InChI=1S/C19H17N9O3/c1-28(12-6-4-3-5-7-12)19-25-14(24-18(20)26-19)15-23-17(31-27-15)16(29)22-11-8-9-13(30-2)21-10-11/h3-10H,1-2H3,(H,22,29)(H2,20,24,25,26). The van der Waals surface area contributed by atoms with Gasteiger partial charge in [0.05, 0.1) is 19.0 Å². The predicted octanol–water partition coefficient (Wildman–Crippen LogP) is 1.93. The van der Waals surface area contributed by atoms with Gasteiger partial charge in [-0.05, 0) is 18.2 Å². The Labute approximate surface area is 176 Å². The van der Waals surface area contributed by atoms with E-state index in [1.165, 1.54) is 13.3 Å². The van der Waals surface area contributed by atoms with Crippen molar-refractivity contribution in [2.24, 2.45) is 0 Å². The van der Waals surface area contributed by atoms with Crippen LogP contribution in [0.3, 0.4) is 0 Å². The van der Waals surface area contributed by atoms with Gasteiger partial charge in [-0.2, -0.15) is 19.9 Å². The lowest BCUT2D eigenvalue weighted by Gasteiger charge is -2.17. The van der Waals surface area contributed by atoms with Gasteiger partial charge < -0.3 is 25.2 Å². The Morgan fingerprint density at radius 1 is 1.06 bits per heavy atom. The lowest BCUT2D eigenvalue weighted by Crippen LogP contribution is -2.15. The number of nitrogens with one attached hydrogen (secondary N) is 1. The molecule has 0 aliphatic carbocycles. The minimum absolute atomic E-state index is 0.00480. The zero-order chi connectivity index (χ0) is 21.8. The number of pyridine rings is 1. The predicted molar refractivity (Wildman–Crippen MR) is 111 cm³/mol. The first-order valence-electron chi connectivity index (χ1n) is 8.99. The lowest BCUT2D eigenvalue weighted by molar-refractivity contribution is 0.0981. The van der Waals surface area contributed by atoms with Gasteiger partial charge in [0.15, 0.2) is 0 Å². The molecule has 4 rings (SSSR count). The molecule has 0 radical (unpaired) electrons. The summed E-state index contributed by atoms with van der Waals surface area (Å²) < 4.78 is 10.0. The van der Waals surface area contributed by atoms with Crippen LogP contribution in [0.2, 0.25) is 0 Å². The first-order valence-corrected chi connectivity index (χ1v) is 8.99. The van der Waals surface area contributed by atoms with Crippen LogP contribution in [0.5, 0.6) is 5.88 Å². The summed E-state index contributed by atoms with van der Waals surface area (Å²) in [6.07, 6.45) is 1.44. The van der Waals surface area contributed by atoms with Crippen LogP contribution in [-0.4, -0.2) is 50.1 Å². The van der Waals surface area contributed by atoms with Crippen molar-refractivity contribution < 1.29 is 14.1 Å². The first-order chi connectivity index (χ1) is 15.0. The largest absolute Gasteiger partial charge is 0.481 e. The summed E-state index contributed by atoms with van der Waals surface area (Å²) in [6.45, 7) is 0. The van der Waals surface area contributed by atoms with E-state index in [-0.39, 0.29) is 29.4 Å². The number of amides is 1. The summed E-state index contributed by atoms with van der Waals surface area (Å²) in [5.74, 6) is -0.148. The van der Waals surface area contributed by atoms with E-state index in [1.54, 1.807) is 24.1 Å². The van der Waals surface area contributed by atoms with Crippen molar-refractivity contribution in [3.8, 4) is 17.5 Å². The highest BCUT2D eigenvalue weighted by Crippen LogP contribution is 2.22. The molecule has 0 fully saturated rings. The first kappa shape index (κ1) is 19.7. The van der Waals surface area contributed by atoms with Gasteiger partial charge in [-0.3, -0.25) is 4.79 Å². The molecule has 0 bridgehead atoms. The molecule has 4 aromatic rings. The summed E-state index contributed by atoms with van der Waals surface area (Å²) in [5, 5.41) is 6.38. The molecule has 0 aliphatic heterocycles. The van der Waals surface area contributed by atoms with Crippen molar-refractivity contribution in [1.29, 1.82) is 0 Å². The number of anilines is 4. The lowest BCUT2D eigenvalue weighted by atomic mass is 10.3. The average molecular weight is 419 g/mol. The van der Waals surface area contributed by atoms with Gasteiger partial charge in [-0.25, -0.2) is 4.98 Å². The second-order valence-corrected chi connectivity index (χ2v) is 6.18. The molecule has 0 aliphatic rings. The second-order valence-electron chi connectivity index (χ2n) is 6.18. The van der Waals surface area contributed by atoms with Crippen LogP contribution in [0.25, 0.3) is 11.6 Å². The Morgan fingerprint density at radius 2 is 1.87 bits per heavy atom. The molecular weight excluding hydrogens is 402 g/mol. The van der Waals surface area contributed by atoms with E-state index >= 15 is 0 Å². The van der Waals surface area contributed by atoms with Crippen LogP contribution in [0, 0.1) is 0 Å². The number of aromatic nitrogens is 6. The Balaban J connectivity index is 1.55. The highest BCUT2D eigenvalue weighted by Gasteiger charge is 2.20. The second kappa shape index (κ2) is 8.41. The Kier molecular flexibility index (Phi) is 5.34. The zero-order valence-electron chi connectivity index (χ0n) is 16.6. The van der Waals surface area contributed by atoms with Crippen molar-refractivity contribution in [3.05, 3.63) is 54.6 Å². The Morgan fingerprint density at radius 3 is 2.58 bits per heavy atom. The molecule has 3 N–H and O–H groups in total. The molecule has 12 heteroatoms. The van der Waals surface area contributed by atoms with Crippen molar-refractivity contribution in [1.82, 2.24) is 30.1 Å². The van der Waals surface area contributed by atoms with Crippen LogP contribution >= 0.6 is 0 Å². The summed E-state index contributed by atoms with van der Waals surface area (Å²) >= 11 is 0. The number of nitrogen functional groups attached to an aromatic ring is 1. The number of nitrogens with zero attached hydrogens (tertiary/aromatic N) is 7. The van der Waals surface area contributed by atoms with E-state index in [0.717, 1.165) is 5.69 Å². The van der Waals surface area contributed by atoms with E-state index in [4.69, 9.17) is 15.0 Å². The van der Waals surface area contributed by atoms with Gasteiger partial charge in [-0.15, -0.1) is 0 Å². The molecule has 0 saturated heterocycles. The molecule has 1 amide bonds. The third-order valence-electron chi connectivity index (χ3n) is 4.11. The molecule has 3 aromatic heterocycles. The maximum atomic E-state index is 12.4. The molecule has 3 heterocycles. The van der Waals surface area contributed by atoms with Gasteiger partial charge in [0, 0.05) is 18.8 Å². The molecule has 0 atom stereocenters. The number of carbonyl (C=O) groups is 1. The summed E-state index contributed by atoms with van der Waals surface area (Å²) in [7, 11) is 3.28.